The number of rotatable bonds is 2. The maximum Gasteiger partial charge on any atom is 0.145 e. The Morgan fingerprint density at radius 1 is 1.16 bits per heavy atom. The summed E-state index contributed by atoms with van der Waals surface area (Å²) in [4.78, 5) is 0. The van der Waals surface area contributed by atoms with Gasteiger partial charge in [-0.25, -0.2) is 4.39 Å². The van der Waals surface area contributed by atoms with E-state index in [9.17, 15) is 4.39 Å². The molecule has 0 unspecified atom stereocenters. The number of benzene rings is 2. The Labute approximate surface area is 131 Å². The third kappa shape index (κ3) is 3.47. The Kier molecular flexibility index (Phi) is 4.46. The van der Waals surface area contributed by atoms with Crippen LogP contribution in [-0.4, -0.2) is 0 Å². The number of hydrogen-bond donors (Lipinski definition) is 0. The van der Waals surface area contributed by atoms with Crippen molar-refractivity contribution in [2.24, 2.45) is 0 Å². The Hall–Kier alpha value is -1.09. The quantitative estimate of drug-likeness (QED) is 0.604. The van der Waals surface area contributed by atoms with Crippen LogP contribution in [-0.2, 0) is 0 Å². The fourth-order valence-corrected chi connectivity index (χ4v) is 2.59. The summed E-state index contributed by atoms with van der Waals surface area (Å²) in [6.45, 7) is 0. The van der Waals surface area contributed by atoms with Crippen LogP contribution in [0.3, 0.4) is 0 Å². The zero-order chi connectivity index (χ0) is 14.0. The predicted molar refractivity (Wildman–Crippen MR) is 78.0 cm³/mol. The molecule has 0 aliphatic heterocycles. The largest absolute Gasteiger partial charge is 0.456 e. The van der Waals surface area contributed by atoms with Crippen LogP contribution in [0, 0.1) is 17.1 Å². The molecular weight excluding hydrogens is 400 g/mol. The van der Waals surface area contributed by atoms with Gasteiger partial charge in [0.1, 0.15) is 17.3 Å². The molecule has 0 amide bonds. The number of nitriles is 1. The maximum absolute atomic E-state index is 13.4. The molecule has 0 radical (unpaired) electrons. The molecule has 0 heterocycles. The highest BCUT2D eigenvalue weighted by Crippen LogP contribution is 2.34. The molecule has 0 atom stereocenters. The summed E-state index contributed by atoms with van der Waals surface area (Å²) in [5.41, 5.74) is 0.440. The first kappa shape index (κ1) is 14.3. The van der Waals surface area contributed by atoms with Crippen molar-refractivity contribution in [1.82, 2.24) is 0 Å². The Balaban J connectivity index is 2.39. The fraction of sp³-hybridized carbons (Fsp3) is 0. The van der Waals surface area contributed by atoms with Crippen LogP contribution in [0.1, 0.15) is 5.56 Å². The predicted octanol–water partition coefficient (Wildman–Crippen LogP) is 5.67. The van der Waals surface area contributed by atoms with E-state index in [1.54, 1.807) is 18.2 Å². The number of ether oxygens (including phenoxy) is 1. The molecule has 2 nitrogen and oxygen atoms in total. The summed E-state index contributed by atoms with van der Waals surface area (Å²) in [5, 5.41) is 8.88. The van der Waals surface area contributed by atoms with Gasteiger partial charge in [-0.3, -0.25) is 0 Å². The molecule has 0 aromatic heterocycles. The van der Waals surface area contributed by atoms with Gasteiger partial charge in [-0.15, -0.1) is 0 Å². The van der Waals surface area contributed by atoms with Gasteiger partial charge in [0.15, 0.2) is 0 Å². The summed E-state index contributed by atoms with van der Waals surface area (Å²) in [6.07, 6.45) is 0. The Bertz CT molecular complexity index is 685. The van der Waals surface area contributed by atoms with E-state index in [2.05, 4.69) is 31.9 Å². The molecular formula is C13H5Br2ClFNO. The average molecular weight is 405 g/mol. The summed E-state index contributed by atoms with van der Waals surface area (Å²) in [7, 11) is 0. The van der Waals surface area contributed by atoms with Crippen molar-refractivity contribution >= 4 is 43.5 Å². The minimum absolute atomic E-state index is 0.00572. The SMILES string of the molecule is N#Cc1cc(Br)cc(Oc2cc(F)c(Cl)cc2Br)c1. The second-order valence-corrected chi connectivity index (χ2v) is 5.76. The van der Waals surface area contributed by atoms with Crippen LogP contribution < -0.4 is 4.74 Å². The van der Waals surface area contributed by atoms with Gasteiger partial charge in [0, 0.05) is 10.5 Å². The lowest BCUT2D eigenvalue weighted by Gasteiger charge is -2.09. The standard InChI is InChI=1S/C13H5Br2ClFNO/c14-8-1-7(6-18)2-9(3-8)19-13-5-12(17)11(16)4-10(13)15/h1-5H. The van der Waals surface area contributed by atoms with Crippen molar-refractivity contribution in [2.75, 3.05) is 0 Å². The smallest absolute Gasteiger partial charge is 0.145 e. The van der Waals surface area contributed by atoms with Gasteiger partial charge in [-0.1, -0.05) is 27.5 Å². The van der Waals surface area contributed by atoms with Crippen molar-refractivity contribution in [2.45, 2.75) is 0 Å². The van der Waals surface area contributed by atoms with E-state index in [-0.39, 0.29) is 10.8 Å². The molecule has 2 aromatic carbocycles. The second-order valence-electron chi connectivity index (χ2n) is 3.59. The lowest BCUT2D eigenvalue weighted by Crippen LogP contribution is -1.89. The van der Waals surface area contributed by atoms with Gasteiger partial charge in [-0.05, 0) is 40.2 Å². The van der Waals surface area contributed by atoms with Crippen LogP contribution in [0.15, 0.2) is 39.3 Å². The molecule has 2 rings (SSSR count). The highest BCUT2D eigenvalue weighted by molar-refractivity contribution is 9.10. The van der Waals surface area contributed by atoms with Crippen molar-refractivity contribution in [3.8, 4) is 17.6 Å². The summed E-state index contributed by atoms with van der Waals surface area (Å²) in [5.74, 6) is 0.132. The van der Waals surface area contributed by atoms with E-state index in [1.165, 1.54) is 12.1 Å². The molecule has 2 aromatic rings. The lowest BCUT2D eigenvalue weighted by atomic mass is 10.2. The monoisotopic (exact) mass is 403 g/mol. The number of hydrogen-bond acceptors (Lipinski definition) is 2. The zero-order valence-electron chi connectivity index (χ0n) is 9.25. The number of halogens is 4. The number of nitrogens with zero attached hydrogens (tertiary/aromatic N) is 1. The lowest BCUT2D eigenvalue weighted by molar-refractivity contribution is 0.473. The van der Waals surface area contributed by atoms with E-state index in [1.807, 2.05) is 6.07 Å². The molecule has 96 valence electrons. The summed E-state index contributed by atoms with van der Waals surface area (Å²) < 4.78 is 20.2. The molecule has 0 fully saturated rings. The van der Waals surface area contributed by atoms with Gasteiger partial charge < -0.3 is 4.74 Å². The van der Waals surface area contributed by atoms with Gasteiger partial charge >= 0.3 is 0 Å². The Morgan fingerprint density at radius 3 is 2.58 bits per heavy atom. The third-order valence-electron chi connectivity index (χ3n) is 2.20. The van der Waals surface area contributed by atoms with Crippen LogP contribution in [0.4, 0.5) is 4.39 Å². The van der Waals surface area contributed by atoms with Crippen molar-refractivity contribution in [1.29, 1.82) is 5.26 Å². The molecule has 0 aliphatic rings. The fourth-order valence-electron chi connectivity index (χ4n) is 1.40. The van der Waals surface area contributed by atoms with Crippen LogP contribution in [0.25, 0.3) is 0 Å². The van der Waals surface area contributed by atoms with E-state index in [0.717, 1.165) is 0 Å². The highest BCUT2D eigenvalue weighted by atomic mass is 79.9. The van der Waals surface area contributed by atoms with Crippen molar-refractivity contribution in [3.63, 3.8) is 0 Å². The zero-order valence-corrected chi connectivity index (χ0v) is 13.2. The molecule has 0 saturated heterocycles. The van der Waals surface area contributed by atoms with Crippen LogP contribution in [0.2, 0.25) is 5.02 Å². The van der Waals surface area contributed by atoms with E-state index in [4.69, 9.17) is 21.6 Å². The summed E-state index contributed by atoms with van der Waals surface area (Å²) >= 11 is 12.2. The van der Waals surface area contributed by atoms with Gasteiger partial charge in [0.2, 0.25) is 0 Å². The minimum Gasteiger partial charge on any atom is -0.456 e. The maximum atomic E-state index is 13.4. The minimum atomic E-state index is -0.574. The molecule has 19 heavy (non-hydrogen) atoms. The molecule has 0 aliphatic carbocycles. The first-order chi connectivity index (χ1) is 8.99. The normalized spacial score (nSPS) is 10.1. The Morgan fingerprint density at radius 2 is 1.89 bits per heavy atom. The van der Waals surface area contributed by atoms with Crippen LogP contribution in [0.5, 0.6) is 11.5 Å². The topological polar surface area (TPSA) is 33.0 Å². The van der Waals surface area contributed by atoms with E-state index >= 15 is 0 Å². The van der Waals surface area contributed by atoms with E-state index < -0.39 is 5.82 Å². The molecule has 0 saturated carbocycles. The molecule has 6 heteroatoms. The summed E-state index contributed by atoms with van der Waals surface area (Å²) in [6, 6.07) is 9.50. The molecule has 0 N–H and O–H groups in total. The third-order valence-corrected chi connectivity index (χ3v) is 3.57. The highest BCUT2D eigenvalue weighted by Gasteiger charge is 2.10. The van der Waals surface area contributed by atoms with Gasteiger partial charge in [-0.2, -0.15) is 5.26 Å². The first-order valence-electron chi connectivity index (χ1n) is 5.02. The second kappa shape index (κ2) is 5.91. The van der Waals surface area contributed by atoms with Crippen molar-refractivity contribution < 1.29 is 9.13 Å². The average Bonchev–Trinajstić information content (AvgIpc) is 2.35. The molecule has 0 spiro atoms. The van der Waals surface area contributed by atoms with Crippen molar-refractivity contribution in [3.05, 3.63) is 55.7 Å². The van der Waals surface area contributed by atoms with E-state index in [0.29, 0.717) is 20.3 Å². The van der Waals surface area contributed by atoms with Gasteiger partial charge in [0.05, 0.1) is 21.1 Å². The molecule has 0 bridgehead atoms. The van der Waals surface area contributed by atoms with Crippen LogP contribution >= 0.6 is 43.5 Å². The first-order valence-corrected chi connectivity index (χ1v) is 6.99. The van der Waals surface area contributed by atoms with Gasteiger partial charge in [0.25, 0.3) is 0 Å².